The van der Waals surface area contributed by atoms with Gasteiger partial charge in [0.1, 0.15) is 0 Å². The number of carboxylic acid groups (broad SMARTS) is 3. The highest BCUT2D eigenvalue weighted by atomic mass is 16.4. The highest BCUT2D eigenvalue weighted by molar-refractivity contribution is 6.51. The van der Waals surface area contributed by atoms with Crippen molar-refractivity contribution in [2.24, 2.45) is 17.2 Å². The minimum atomic E-state index is -1.67. The van der Waals surface area contributed by atoms with Crippen molar-refractivity contribution in [1.82, 2.24) is 15.5 Å². The maximum absolute atomic E-state index is 11.9. The maximum atomic E-state index is 11.9. The molecule has 1 aliphatic heterocycles. The molecule has 3 amide bonds. The minimum absolute atomic E-state index is 0.00934. The van der Waals surface area contributed by atoms with E-state index in [2.05, 4.69) is 10.6 Å². The van der Waals surface area contributed by atoms with Gasteiger partial charge in [-0.2, -0.15) is 0 Å². The molecular weight excluding hydrogens is 641 g/mol. The second kappa shape index (κ2) is 24.8. The lowest BCUT2D eigenvalue weighted by Gasteiger charge is -2.26. The molecule has 48 heavy (non-hydrogen) atoms. The summed E-state index contributed by atoms with van der Waals surface area (Å²) in [4.78, 5) is 66.7. The van der Waals surface area contributed by atoms with E-state index in [1.165, 1.54) is 11.8 Å². The molecule has 274 valence electrons. The minimum Gasteiger partial charge on any atom is -0.481 e. The smallest absolute Gasteiger partial charge is 0.475 e. The normalized spacial score (nSPS) is 16.6. The summed E-state index contributed by atoms with van der Waals surface area (Å²) in [6.45, 7) is 4.59. The Hall–Kier alpha value is -3.31. The number of carbonyl (C=O) groups is 6. The molecule has 0 spiro atoms. The van der Waals surface area contributed by atoms with Gasteiger partial charge in [-0.3, -0.25) is 28.8 Å². The fraction of sp³-hybridized carbons (Fsp3) is 0.760. The van der Waals surface area contributed by atoms with Crippen LogP contribution in [0, 0.1) is 0 Å². The lowest BCUT2D eigenvalue weighted by atomic mass is 9.62. The molecule has 0 aromatic carbocycles. The van der Waals surface area contributed by atoms with Crippen LogP contribution in [0.3, 0.4) is 0 Å². The van der Waals surface area contributed by atoms with Crippen LogP contribution in [0.15, 0.2) is 0 Å². The third kappa shape index (κ3) is 20.8. The zero-order valence-corrected chi connectivity index (χ0v) is 27.5. The second-order valence-corrected chi connectivity index (χ2v) is 11.2. The summed E-state index contributed by atoms with van der Waals surface area (Å²) < 4.78 is 0. The predicted molar refractivity (Wildman–Crippen MR) is 173 cm³/mol. The molecule has 0 aromatic rings. The Kier molecular flexibility index (Phi) is 24.2. The molecule has 23 heteroatoms. The zero-order valence-electron chi connectivity index (χ0n) is 27.5. The van der Waals surface area contributed by atoms with Crippen LogP contribution in [0.4, 0.5) is 0 Å². The number of nitrogens with two attached hydrogens (primary N) is 3. The number of hydrogen-bond acceptors (Lipinski definition) is 14. The van der Waals surface area contributed by atoms with Gasteiger partial charge in [-0.1, -0.05) is 13.7 Å². The Morgan fingerprint density at radius 1 is 0.771 bits per heavy atom. The van der Waals surface area contributed by atoms with Crippen LogP contribution in [0.5, 0.6) is 0 Å². The molecule has 1 heterocycles. The van der Waals surface area contributed by atoms with Crippen LogP contribution in [-0.2, 0) is 28.8 Å². The lowest BCUT2D eigenvalue weighted by molar-refractivity contribution is -0.139. The molecule has 1 rings (SSSR count). The summed E-state index contributed by atoms with van der Waals surface area (Å²) in [6.07, 6.45) is 1.45. The monoisotopic (exact) mass is 692 g/mol. The van der Waals surface area contributed by atoms with Crippen LogP contribution in [-0.4, -0.2) is 145 Å². The Balaban J connectivity index is 0. The van der Waals surface area contributed by atoms with E-state index < -0.39 is 86.8 Å². The summed E-state index contributed by atoms with van der Waals surface area (Å²) in [5.41, 5.74) is 16.5. The van der Waals surface area contributed by atoms with Gasteiger partial charge in [-0.05, 0) is 45.4 Å². The van der Waals surface area contributed by atoms with Crippen molar-refractivity contribution in [2.75, 3.05) is 6.54 Å². The first-order valence-electron chi connectivity index (χ1n) is 15.4. The molecule has 1 fully saturated rings. The zero-order chi connectivity index (χ0) is 37.7. The van der Waals surface area contributed by atoms with Crippen molar-refractivity contribution in [3.05, 3.63) is 0 Å². The maximum Gasteiger partial charge on any atom is 0.475 e. The van der Waals surface area contributed by atoms with Crippen molar-refractivity contribution in [1.29, 1.82) is 0 Å². The van der Waals surface area contributed by atoms with Crippen molar-refractivity contribution < 1.29 is 69.2 Å². The first-order valence-corrected chi connectivity index (χ1v) is 15.4. The number of nitrogens with one attached hydrogen (secondary N) is 2. The van der Waals surface area contributed by atoms with Crippen LogP contribution in [0.2, 0.25) is 6.82 Å². The fourth-order valence-electron chi connectivity index (χ4n) is 4.07. The number of amides is 3. The summed E-state index contributed by atoms with van der Waals surface area (Å²) in [7, 11) is -3.24. The van der Waals surface area contributed by atoms with Gasteiger partial charge < -0.3 is 73.2 Å². The summed E-state index contributed by atoms with van der Waals surface area (Å²) in [6, 6.07) is -2.70. The summed E-state index contributed by atoms with van der Waals surface area (Å²) in [5.74, 6) is -6.27. The molecule has 0 aliphatic carbocycles. The van der Waals surface area contributed by atoms with E-state index in [0.717, 1.165) is 0 Å². The third-order valence-electron chi connectivity index (χ3n) is 7.09. The molecule has 20 nitrogen and oxygen atoms in total. The largest absolute Gasteiger partial charge is 0.481 e. The molecule has 6 atom stereocenters. The average molecular weight is 692 g/mol. The number of rotatable bonds is 18. The fourth-order valence-corrected chi connectivity index (χ4v) is 4.07. The van der Waals surface area contributed by atoms with E-state index >= 15 is 0 Å². The van der Waals surface area contributed by atoms with E-state index in [4.69, 9.17) is 52.6 Å². The molecule has 0 unspecified atom stereocenters. The highest BCUT2D eigenvalue weighted by Crippen LogP contribution is 2.19. The molecule has 0 aromatic heterocycles. The molecule has 0 saturated carbocycles. The van der Waals surface area contributed by atoms with Gasteiger partial charge in [0.2, 0.25) is 17.7 Å². The number of likely N-dealkylation sites (tertiary alicyclic amines) is 1. The molecule has 0 bridgehead atoms. The number of carbonyl (C=O) groups excluding carboxylic acids is 3. The SMILES string of the molecule is CC[C@H](NC(=O)[C@@H](N)CCC(=O)O)B(C)O.C[C@H](NC(=O)[C@@H](N)CCC(=O)O)B(O)O.N[C@@H](CCC(=O)O)C(=O)N1CCC[C@H]1B(O)O. The Morgan fingerprint density at radius 2 is 1.19 bits per heavy atom. The lowest BCUT2D eigenvalue weighted by Crippen LogP contribution is -2.51. The second-order valence-electron chi connectivity index (χ2n) is 11.2. The van der Waals surface area contributed by atoms with E-state index in [-0.39, 0.29) is 44.5 Å². The van der Waals surface area contributed by atoms with Crippen molar-refractivity contribution in [3.8, 4) is 0 Å². The van der Waals surface area contributed by atoms with Gasteiger partial charge >= 0.3 is 39.1 Å². The topological polar surface area (TPSA) is 370 Å². The first kappa shape index (κ1) is 46.8. The number of aliphatic carboxylic acids is 3. The number of hydrogen-bond donors (Lipinski definition) is 13. The van der Waals surface area contributed by atoms with Crippen molar-refractivity contribution in [3.63, 3.8) is 0 Å². The van der Waals surface area contributed by atoms with Gasteiger partial charge in [0.15, 0.2) is 0 Å². The standard InChI is InChI=1S/C9H17BN2O5.C9H19BN2O4.C7H15BN2O5/c11-6(3-4-8(13)14)9(15)12-5-1-2-7(12)10(16)17;1-3-7(10(2)16)12-9(15)6(11)4-5-8(13)14;1-4(8(14)15)10-7(13)5(9)2-3-6(11)12/h6-7,16-17H,1-5,11H2,(H,13,14);6-7,16H,3-5,11H2,1-2H3,(H,12,15)(H,13,14);4-5,14-15H,2-3,9H2,1H3,(H,10,13)(H,11,12)/t2*6-,7-;4-,5-/m000/s1. The molecule has 16 N–H and O–H groups in total. The Bertz CT molecular complexity index is 1030. The van der Waals surface area contributed by atoms with Crippen LogP contribution in [0.25, 0.3) is 0 Å². The van der Waals surface area contributed by atoms with Crippen LogP contribution in [0.1, 0.15) is 71.6 Å². The van der Waals surface area contributed by atoms with E-state index in [1.54, 1.807) is 6.82 Å². The van der Waals surface area contributed by atoms with Crippen LogP contribution >= 0.6 is 0 Å². The van der Waals surface area contributed by atoms with E-state index in [1.807, 2.05) is 6.92 Å². The molecular formula is C25H51B3N6O14. The van der Waals surface area contributed by atoms with Crippen LogP contribution < -0.4 is 27.8 Å². The van der Waals surface area contributed by atoms with Gasteiger partial charge in [0.05, 0.1) is 30.0 Å². The highest BCUT2D eigenvalue weighted by Gasteiger charge is 2.38. The number of nitrogens with zero attached hydrogens (tertiary/aromatic N) is 1. The van der Waals surface area contributed by atoms with Crippen molar-refractivity contribution in [2.45, 2.75) is 114 Å². The molecule has 0 radical (unpaired) electrons. The summed E-state index contributed by atoms with van der Waals surface area (Å²) in [5, 5.41) is 75.0. The van der Waals surface area contributed by atoms with E-state index in [9.17, 15) is 33.8 Å². The molecule has 1 saturated heterocycles. The Labute approximate surface area is 279 Å². The van der Waals surface area contributed by atoms with Crippen molar-refractivity contribution >= 4 is 56.8 Å². The third-order valence-corrected chi connectivity index (χ3v) is 7.09. The van der Waals surface area contributed by atoms with Gasteiger partial charge in [-0.15, -0.1) is 0 Å². The first-order chi connectivity index (χ1) is 22.2. The predicted octanol–water partition coefficient (Wildman–Crippen LogP) is -4.90. The quantitative estimate of drug-likeness (QED) is 0.0599. The Morgan fingerprint density at radius 3 is 1.54 bits per heavy atom. The van der Waals surface area contributed by atoms with Gasteiger partial charge in [0.25, 0.3) is 0 Å². The summed E-state index contributed by atoms with van der Waals surface area (Å²) >= 11 is 0. The molecule has 1 aliphatic rings. The van der Waals surface area contributed by atoms with Gasteiger partial charge in [0, 0.05) is 31.7 Å². The van der Waals surface area contributed by atoms with E-state index in [0.29, 0.717) is 25.8 Å². The average Bonchev–Trinajstić information content (AvgIpc) is 3.50. The van der Waals surface area contributed by atoms with Gasteiger partial charge in [-0.25, -0.2) is 0 Å². The number of carboxylic acids is 3.